The monoisotopic (exact) mass is 744 g/mol. The largest absolute Gasteiger partial charge is 0.206 e. The van der Waals surface area contributed by atoms with Crippen LogP contribution in [0.25, 0.3) is 95.0 Å². The molecule has 0 spiro atoms. The number of fused-ring (bicyclic) bond motifs is 3. The highest BCUT2D eigenvalue weighted by Crippen LogP contribution is 2.41. The Morgan fingerprint density at radius 3 is 1.12 bits per heavy atom. The highest BCUT2D eigenvalue weighted by atomic mass is 32.1. The van der Waals surface area contributed by atoms with Crippen molar-refractivity contribution < 1.29 is 8.78 Å². The van der Waals surface area contributed by atoms with Crippen molar-refractivity contribution >= 4 is 76.3 Å². The molecule has 0 unspecified atom stereocenters. The van der Waals surface area contributed by atoms with Crippen molar-refractivity contribution in [2.75, 3.05) is 0 Å². The summed E-state index contributed by atoms with van der Waals surface area (Å²) in [5.41, 5.74) is 6.98. The summed E-state index contributed by atoms with van der Waals surface area (Å²) in [7, 11) is 0. The van der Waals surface area contributed by atoms with Gasteiger partial charge in [-0.25, -0.2) is 8.78 Å². The smallest absolute Gasteiger partial charge is 0.131 e. The Labute approximate surface area is 315 Å². The molecule has 0 aliphatic heterocycles. The van der Waals surface area contributed by atoms with Crippen molar-refractivity contribution in [2.45, 2.75) is 0 Å². The molecule has 0 radical (unpaired) electrons. The molecule has 0 bridgehead atoms. The number of hydrogen-bond donors (Lipinski definition) is 0. The SMILES string of the molecule is Fc1cc(-c2cc3cc4cc5sc(-c6ccc(-c7ccc(-c8cccs8)cc7)c(F)c6)cc5cc4cc3s2)ccc1-c1ccc(-c2cccs2)cc1. The van der Waals surface area contributed by atoms with Crippen LogP contribution in [0.2, 0.25) is 0 Å². The lowest BCUT2D eigenvalue weighted by atomic mass is 10.0. The molecule has 4 aromatic heterocycles. The molecule has 0 N–H and O–H groups in total. The minimum absolute atomic E-state index is 0.224. The van der Waals surface area contributed by atoms with E-state index in [4.69, 9.17) is 0 Å². The zero-order valence-electron chi connectivity index (χ0n) is 27.4. The highest BCUT2D eigenvalue weighted by Gasteiger charge is 2.14. The molecular formula is C46H26F2S4. The molecule has 0 aliphatic carbocycles. The van der Waals surface area contributed by atoms with Crippen LogP contribution in [-0.2, 0) is 0 Å². The molecule has 6 heteroatoms. The van der Waals surface area contributed by atoms with E-state index in [1.807, 2.05) is 60.7 Å². The average Bonchev–Trinajstić information content (AvgIpc) is 4.01. The molecule has 248 valence electrons. The molecule has 0 saturated heterocycles. The van der Waals surface area contributed by atoms with Crippen LogP contribution in [0.3, 0.4) is 0 Å². The van der Waals surface area contributed by atoms with Crippen molar-refractivity contribution in [1.82, 2.24) is 0 Å². The van der Waals surface area contributed by atoms with Gasteiger partial charge < -0.3 is 0 Å². The molecule has 0 fully saturated rings. The summed E-state index contributed by atoms with van der Waals surface area (Å²) in [6.07, 6.45) is 0. The third-order valence-corrected chi connectivity index (χ3v) is 13.8. The molecule has 10 aromatic rings. The van der Waals surface area contributed by atoms with Gasteiger partial charge >= 0.3 is 0 Å². The first-order chi connectivity index (χ1) is 25.5. The van der Waals surface area contributed by atoms with Crippen LogP contribution in [0.1, 0.15) is 0 Å². The van der Waals surface area contributed by atoms with E-state index in [-0.39, 0.29) is 11.6 Å². The van der Waals surface area contributed by atoms with Gasteiger partial charge in [-0.3, -0.25) is 0 Å². The van der Waals surface area contributed by atoms with Crippen LogP contribution in [-0.4, -0.2) is 0 Å². The maximum atomic E-state index is 15.5. The van der Waals surface area contributed by atoms with E-state index in [1.54, 1.807) is 57.5 Å². The number of halogens is 2. The lowest BCUT2D eigenvalue weighted by Crippen LogP contribution is -1.86. The zero-order chi connectivity index (χ0) is 34.8. The highest BCUT2D eigenvalue weighted by molar-refractivity contribution is 7.22. The Kier molecular flexibility index (Phi) is 7.73. The Morgan fingerprint density at radius 2 is 0.731 bits per heavy atom. The third-order valence-electron chi connectivity index (χ3n) is 9.62. The first kappa shape index (κ1) is 31.5. The normalized spacial score (nSPS) is 11.7. The van der Waals surface area contributed by atoms with E-state index in [0.717, 1.165) is 74.1 Å². The summed E-state index contributed by atoms with van der Waals surface area (Å²) in [4.78, 5) is 4.48. The fraction of sp³-hybridized carbons (Fsp3) is 0. The molecule has 0 amide bonds. The standard InChI is InChI=1S/C46H26F2S4/c47-39-21-31(13-15-37(39)27-5-9-29(10-6-27)41-3-1-17-49-41)43-25-35-19-33-24-46-36(20-34(33)23-45(35)51-43)26-44(52-46)32-14-16-38(40(48)22-32)28-7-11-30(12-8-28)42-4-2-18-50-42/h1-26H. The Morgan fingerprint density at radius 1 is 0.327 bits per heavy atom. The number of rotatable bonds is 6. The molecule has 0 nitrogen and oxygen atoms in total. The Bertz CT molecular complexity index is 2630. The van der Waals surface area contributed by atoms with E-state index < -0.39 is 0 Å². The van der Waals surface area contributed by atoms with Crippen molar-refractivity contribution in [3.8, 4) is 64.0 Å². The molecule has 0 atom stereocenters. The average molecular weight is 745 g/mol. The number of thiophene rings is 4. The first-order valence-electron chi connectivity index (χ1n) is 16.8. The number of benzene rings is 6. The van der Waals surface area contributed by atoms with Crippen LogP contribution in [0.4, 0.5) is 8.78 Å². The van der Waals surface area contributed by atoms with Gasteiger partial charge in [0, 0.05) is 40.0 Å². The second-order valence-electron chi connectivity index (χ2n) is 12.8. The van der Waals surface area contributed by atoms with Crippen LogP contribution < -0.4 is 0 Å². The second kappa shape index (κ2) is 12.8. The summed E-state index contributed by atoms with van der Waals surface area (Å²) < 4.78 is 33.4. The van der Waals surface area contributed by atoms with Gasteiger partial charge in [0.1, 0.15) is 11.6 Å². The number of hydrogen-bond acceptors (Lipinski definition) is 4. The second-order valence-corrected chi connectivity index (χ2v) is 16.9. The van der Waals surface area contributed by atoms with E-state index in [1.165, 1.54) is 9.75 Å². The topological polar surface area (TPSA) is 0 Å². The van der Waals surface area contributed by atoms with Gasteiger partial charge in [0.25, 0.3) is 0 Å². The predicted molar refractivity (Wildman–Crippen MR) is 223 cm³/mol. The minimum atomic E-state index is -0.224. The lowest BCUT2D eigenvalue weighted by Gasteiger charge is -2.07. The fourth-order valence-corrected chi connectivity index (χ4v) is 10.6. The lowest BCUT2D eigenvalue weighted by molar-refractivity contribution is 0.631. The van der Waals surface area contributed by atoms with Crippen molar-refractivity contribution in [2.24, 2.45) is 0 Å². The zero-order valence-corrected chi connectivity index (χ0v) is 30.7. The maximum Gasteiger partial charge on any atom is 0.131 e. The summed E-state index contributed by atoms with van der Waals surface area (Å²) in [6.45, 7) is 0. The molecule has 0 saturated carbocycles. The van der Waals surface area contributed by atoms with Crippen LogP contribution in [0.5, 0.6) is 0 Å². The third kappa shape index (κ3) is 5.69. The van der Waals surface area contributed by atoms with Gasteiger partial charge in [-0.05, 0) is 126 Å². The molecule has 4 heterocycles. The van der Waals surface area contributed by atoms with Crippen LogP contribution in [0.15, 0.2) is 156 Å². The van der Waals surface area contributed by atoms with Crippen molar-refractivity contribution in [3.05, 3.63) is 168 Å². The molecule has 0 aliphatic rings. The van der Waals surface area contributed by atoms with Gasteiger partial charge in [-0.15, -0.1) is 45.3 Å². The first-order valence-corrected chi connectivity index (χ1v) is 20.2. The summed E-state index contributed by atoms with van der Waals surface area (Å²) in [5, 5.41) is 8.70. The molecule has 52 heavy (non-hydrogen) atoms. The molecule has 6 aromatic carbocycles. The molecular weight excluding hydrogens is 719 g/mol. The minimum Gasteiger partial charge on any atom is -0.206 e. The maximum absolute atomic E-state index is 15.5. The van der Waals surface area contributed by atoms with Crippen molar-refractivity contribution in [3.63, 3.8) is 0 Å². The van der Waals surface area contributed by atoms with Crippen molar-refractivity contribution in [1.29, 1.82) is 0 Å². The summed E-state index contributed by atoms with van der Waals surface area (Å²) in [6, 6.07) is 48.8. The van der Waals surface area contributed by atoms with Gasteiger partial charge in [0.05, 0.1) is 0 Å². The summed E-state index contributed by atoms with van der Waals surface area (Å²) >= 11 is 6.76. The summed E-state index contributed by atoms with van der Waals surface area (Å²) in [5.74, 6) is -0.448. The van der Waals surface area contributed by atoms with E-state index in [0.29, 0.717) is 11.1 Å². The van der Waals surface area contributed by atoms with E-state index in [9.17, 15) is 0 Å². The Balaban J connectivity index is 0.918. The van der Waals surface area contributed by atoms with Crippen LogP contribution >= 0.6 is 45.3 Å². The fourth-order valence-electron chi connectivity index (χ4n) is 6.93. The Hall–Kier alpha value is -5.24. The van der Waals surface area contributed by atoms with E-state index >= 15 is 8.78 Å². The quantitative estimate of drug-likeness (QED) is 0.159. The van der Waals surface area contributed by atoms with Crippen LogP contribution in [0, 0.1) is 11.6 Å². The molecule has 10 rings (SSSR count). The van der Waals surface area contributed by atoms with Gasteiger partial charge in [0.15, 0.2) is 0 Å². The predicted octanol–water partition coefficient (Wildman–Crippen LogP) is 15.7. The van der Waals surface area contributed by atoms with E-state index in [2.05, 4.69) is 83.6 Å². The van der Waals surface area contributed by atoms with Gasteiger partial charge in [0.2, 0.25) is 0 Å². The van der Waals surface area contributed by atoms with Gasteiger partial charge in [-0.1, -0.05) is 84.9 Å². The van der Waals surface area contributed by atoms with Gasteiger partial charge in [-0.2, -0.15) is 0 Å².